The van der Waals surface area contributed by atoms with Crippen molar-refractivity contribution < 1.29 is 9.59 Å². The molecule has 0 spiro atoms. The Morgan fingerprint density at radius 1 is 1.07 bits per heavy atom. The zero-order chi connectivity index (χ0) is 19.1. The number of nitrogens with zero attached hydrogens (tertiary/aromatic N) is 2. The summed E-state index contributed by atoms with van der Waals surface area (Å²) in [4.78, 5) is 38.2. The molecule has 2 atom stereocenters. The Labute approximate surface area is 156 Å². The van der Waals surface area contributed by atoms with Crippen molar-refractivity contribution in [3.05, 3.63) is 58.0 Å². The number of fused-ring (bicyclic) bond motifs is 4. The molecule has 1 aromatic heterocycles. The molecule has 3 heterocycles. The minimum Gasteiger partial charge on any atom is -0.394 e. The zero-order valence-electron chi connectivity index (χ0n) is 15.1. The van der Waals surface area contributed by atoms with Crippen molar-refractivity contribution in [1.82, 2.24) is 9.47 Å². The number of carbonyl (C=O) groups is 2. The van der Waals surface area contributed by atoms with E-state index in [2.05, 4.69) is 5.32 Å². The Hall–Kier alpha value is -3.09. The summed E-state index contributed by atoms with van der Waals surface area (Å²) >= 11 is 0. The predicted octanol–water partition coefficient (Wildman–Crippen LogP) is 2.28. The second-order valence-electron chi connectivity index (χ2n) is 7.40. The number of nitrogens with two attached hydrogens (primary N) is 1. The van der Waals surface area contributed by atoms with Gasteiger partial charge in [0, 0.05) is 42.5 Å². The van der Waals surface area contributed by atoms with Gasteiger partial charge in [-0.15, -0.1) is 0 Å². The Balaban J connectivity index is 1.50. The SMILES string of the molecule is CC(=O)c1ccc(NC(=O)N2C[C@H]3C[C@H](C2)c2ccc(N)c(=O)n2C3)cc1. The van der Waals surface area contributed by atoms with Gasteiger partial charge in [0.05, 0.1) is 5.69 Å². The van der Waals surface area contributed by atoms with Gasteiger partial charge in [0.25, 0.3) is 5.56 Å². The average molecular weight is 366 g/mol. The van der Waals surface area contributed by atoms with Crippen LogP contribution in [0.25, 0.3) is 0 Å². The second kappa shape index (κ2) is 6.57. The summed E-state index contributed by atoms with van der Waals surface area (Å²) in [6.45, 7) is 3.27. The molecule has 3 N–H and O–H groups in total. The van der Waals surface area contributed by atoms with Gasteiger partial charge >= 0.3 is 6.03 Å². The number of nitrogens with one attached hydrogen (secondary N) is 1. The lowest BCUT2D eigenvalue weighted by molar-refractivity contribution is 0.101. The van der Waals surface area contributed by atoms with Crippen LogP contribution in [-0.4, -0.2) is 34.4 Å². The predicted molar refractivity (Wildman–Crippen MR) is 103 cm³/mol. The van der Waals surface area contributed by atoms with Crippen LogP contribution in [0.1, 0.15) is 35.3 Å². The fraction of sp³-hybridized carbons (Fsp3) is 0.350. The second-order valence-corrected chi connectivity index (χ2v) is 7.40. The van der Waals surface area contributed by atoms with Crippen molar-refractivity contribution in [3.63, 3.8) is 0 Å². The molecule has 140 valence electrons. The smallest absolute Gasteiger partial charge is 0.321 e. The first-order valence-electron chi connectivity index (χ1n) is 9.08. The molecule has 2 bridgehead atoms. The van der Waals surface area contributed by atoms with Crippen molar-refractivity contribution >= 4 is 23.2 Å². The topological polar surface area (TPSA) is 97.4 Å². The minimum atomic E-state index is -0.161. The fourth-order valence-corrected chi connectivity index (χ4v) is 4.12. The summed E-state index contributed by atoms with van der Waals surface area (Å²) < 4.78 is 1.77. The van der Waals surface area contributed by atoms with Crippen LogP contribution in [0.5, 0.6) is 0 Å². The number of urea groups is 1. The first-order chi connectivity index (χ1) is 12.9. The lowest BCUT2D eigenvalue weighted by Crippen LogP contribution is -2.50. The number of pyridine rings is 1. The van der Waals surface area contributed by atoms with E-state index >= 15 is 0 Å². The lowest BCUT2D eigenvalue weighted by Gasteiger charge is -2.42. The summed E-state index contributed by atoms with van der Waals surface area (Å²) in [5.74, 6) is 0.365. The van der Waals surface area contributed by atoms with E-state index in [0.717, 1.165) is 12.1 Å². The van der Waals surface area contributed by atoms with E-state index in [-0.39, 0.29) is 34.9 Å². The van der Waals surface area contributed by atoms with E-state index in [9.17, 15) is 14.4 Å². The summed E-state index contributed by atoms with van der Waals surface area (Å²) in [6.07, 6.45) is 0.973. The van der Waals surface area contributed by atoms with Crippen LogP contribution in [0.2, 0.25) is 0 Å². The molecule has 4 rings (SSSR count). The van der Waals surface area contributed by atoms with Crippen molar-refractivity contribution in [2.24, 2.45) is 5.92 Å². The molecule has 1 saturated heterocycles. The number of rotatable bonds is 2. The standard InChI is InChI=1S/C20H22N4O3/c1-12(25)14-2-4-16(5-3-14)22-20(27)23-9-13-8-15(11-23)18-7-6-17(21)19(26)24(18)10-13/h2-7,13,15H,8-11,21H2,1H3,(H,22,27)/t13-,15-/m1/s1. The first kappa shape index (κ1) is 17.3. The normalized spacial score (nSPS) is 20.7. The highest BCUT2D eigenvalue weighted by Gasteiger charge is 2.36. The Bertz CT molecular complexity index is 964. The van der Waals surface area contributed by atoms with Gasteiger partial charge in [0.15, 0.2) is 5.78 Å². The molecular formula is C20H22N4O3. The lowest BCUT2D eigenvalue weighted by atomic mass is 9.83. The van der Waals surface area contributed by atoms with Gasteiger partial charge in [-0.05, 0) is 55.7 Å². The van der Waals surface area contributed by atoms with Crippen LogP contribution in [0.15, 0.2) is 41.2 Å². The number of likely N-dealkylation sites (tertiary alicyclic amines) is 1. The minimum absolute atomic E-state index is 0.00808. The Morgan fingerprint density at radius 3 is 2.52 bits per heavy atom. The summed E-state index contributed by atoms with van der Waals surface area (Å²) in [5.41, 5.74) is 8.11. The van der Waals surface area contributed by atoms with E-state index < -0.39 is 0 Å². The highest BCUT2D eigenvalue weighted by atomic mass is 16.2. The molecule has 2 aliphatic rings. The van der Waals surface area contributed by atoms with Crippen LogP contribution < -0.4 is 16.6 Å². The third-order valence-corrected chi connectivity index (χ3v) is 5.46. The zero-order valence-corrected chi connectivity index (χ0v) is 15.1. The highest BCUT2D eigenvalue weighted by Crippen LogP contribution is 2.35. The number of amides is 2. The number of hydrogen-bond donors (Lipinski definition) is 2. The Morgan fingerprint density at radius 2 is 1.81 bits per heavy atom. The largest absolute Gasteiger partial charge is 0.394 e. The number of hydrogen-bond acceptors (Lipinski definition) is 4. The number of Topliss-reactive ketones (excluding diaryl/α,β-unsaturated/α-hetero) is 1. The van der Waals surface area contributed by atoms with E-state index in [0.29, 0.717) is 30.9 Å². The van der Waals surface area contributed by atoms with Gasteiger partial charge in [0.1, 0.15) is 0 Å². The first-order valence-corrected chi connectivity index (χ1v) is 9.08. The number of nitrogen functional groups attached to an aromatic ring is 1. The van der Waals surface area contributed by atoms with E-state index in [4.69, 9.17) is 5.73 Å². The van der Waals surface area contributed by atoms with Gasteiger partial charge in [-0.25, -0.2) is 4.79 Å². The van der Waals surface area contributed by atoms with Crippen molar-refractivity contribution in [2.75, 3.05) is 24.1 Å². The van der Waals surface area contributed by atoms with E-state index in [1.54, 1.807) is 34.9 Å². The Kier molecular flexibility index (Phi) is 4.22. The summed E-state index contributed by atoms with van der Waals surface area (Å²) in [5, 5.41) is 2.90. The van der Waals surface area contributed by atoms with Crippen LogP contribution in [-0.2, 0) is 6.54 Å². The quantitative estimate of drug-likeness (QED) is 0.797. The number of piperidine rings is 1. The van der Waals surface area contributed by atoms with Crippen molar-refractivity contribution in [2.45, 2.75) is 25.8 Å². The van der Waals surface area contributed by atoms with Crippen LogP contribution >= 0.6 is 0 Å². The molecule has 0 saturated carbocycles. The van der Waals surface area contributed by atoms with Crippen molar-refractivity contribution in [3.8, 4) is 0 Å². The summed E-state index contributed by atoms with van der Waals surface area (Å²) in [7, 11) is 0. The number of anilines is 2. The molecule has 7 nitrogen and oxygen atoms in total. The van der Waals surface area contributed by atoms with Crippen LogP contribution in [0, 0.1) is 5.92 Å². The third-order valence-electron chi connectivity index (χ3n) is 5.46. The molecule has 0 aliphatic carbocycles. The molecule has 0 unspecified atom stereocenters. The monoisotopic (exact) mass is 366 g/mol. The van der Waals surface area contributed by atoms with Crippen LogP contribution in [0.3, 0.4) is 0 Å². The maximum Gasteiger partial charge on any atom is 0.321 e. The average Bonchev–Trinajstić information content (AvgIpc) is 2.65. The highest BCUT2D eigenvalue weighted by molar-refractivity contribution is 5.95. The molecule has 1 fully saturated rings. The fourth-order valence-electron chi connectivity index (χ4n) is 4.12. The number of benzene rings is 1. The van der Waals surface area contributed by atoms with Gasteiger partial charge < -0.3 is 20.5 Å². The van der Waals surface area contributed by atoms with Gasteiger partial charge in [0.2, 0.25) is 0 Å². The molecule has 2 aromatic rings. The molecule has 7 heteroatoms. The van der Waals surface area contributed by atoms with E-state index in [1.165, 1.54) is 6.92 Å². The molecule has 1 aromatic carbocycles. The maximum atomic E-state index is 12.7. The maximum absolute atomic E-state index is 12.7. The molecule has 0 radical (unpaired) electrons. The molecular weight excluding hydrogens is 344 g/mol. The summed E-state index contributed by atoms with van der Waals surface area (Å²) in [6, 6.07) is 10.3. The third kappa shape index (κ3) is 3.20. The molecule has 2 aliphatic heterocycles. The van der Waals surface area contributed by atoms with Crippen LogP contribution in [0.4, 0.5) is 16.2 Å². The molecule has 27 heavy (non-hydrogen) atoms. The number of aromatic nitrogens is 1. The number of carbonyl (C=O) groups excluding carboxylic acids is 2. The van der Waals surface area contributed by atoms with Gasteiger partial charge in [-0.3, -0.25) is 9.59 Å². The van der Waals surface area contributed by atoms with Crippen molar-refractivity contribution in [1.29, 1.82) is 0 Å². The van der Waals surface area contributed by atoms with Gasteiger partial charge in [-0.2, -0.15) is 0 Å². The van der Waals surface area contributed by atoms with Gasteiger partial charge in [-0.1, -0.05) is 0 Å². The molecule has 2 amide bonds. The number of ketones is 1. The van der Waals surface area contributed by atoms with E-state index in [1.807, 2.05) is 11.0 Å².